The van der Waals surface area contributed by atoms with Gasteiger partial charge in [0.25, 0.3) is 0 Å². The Morgan fingerprint density at radius 2 is 2.14 bits per heavy atom. The lowest BCUT2D eigenvalue weighted by Gasteiger charge is -2.12. The quantitative estimate of drug-likeness (QED) is 0.821. The third kappa shape index (κ3) is 3.79. The van der Waals surface area contributed by atoms with Crippen molar-refractivity contribution in [1.29, 1.82) is 0 Å². The third-order valence-corrected chi connectivity index (χ3v) is 5.76. The Morgan fingerprint density at radius 1 is 1.41 bits per heavy atom. The second kappa shape index (κ2) is 6.68. The van der Waals surface area contributed by atoms with Gasteiger partial charge in [0.1, 0.15) is 5.01 Å². The van der Waals surface area contributed by atoms with Gasteiger partial charge in [0.05, 0.1) is 10.9 Å². The van der Waals surface area contributed by atoms with E-state index < -0.39 is 16.1 Å². The van der Waals surface area contributed by atoms with Crippen molar-refractivity contribution in [2.45, 2.75) is 38.1 Å². The van der Waals surface area contributed by atoms with E-state index in [0.29, 0.717) is 17.0 Å². The summed E-state index contributed by atoms with van der Waals surface area (Å²) in [5.41, 5.74) is 0.406. The molecule has 0 bridgehead atoms. The normalized spacial score (nSPS) is 13.0. The lowest BCUT2D eigenvalue weighted by atomic mass is 10.1. The third-order valence-electron chi connectivity index (χ3n) is 3.13. The van der Waals surface area contributed by atoms with Gasteiger partial charge in [-0.15, -0.1) is 11.3 Å². The summed E-state index contributed by atoms with van der Waals surface area (Å²) in [5, 5.41) is 0.710. The maximum absolute atomic E-state index is 12.4. The van der Waals surface area contributed by atoms with Crippen LogP contribution in [-0.2, 0) is 10.0 Å². The zero-order chi connectivity index (χ0) is 16.3. The molecule has 2 rings (SSSR count). The zero-order valence-corrected chi connectivity index (χ0v) is 14.3. The van der Waals surface area contributed by atoms with E-state index in [2.05, 4.69) is 9.71 Å². The van der Waals surface area contributed by atoms with E-state index in [1.165, 1.54) is 23.5 Å². The molecule has 1 heterocycles. The molecule has 1 atom stereocenters. The number of carbonyl (C=O) groups excluding carboxylic acids is 1. The van der Waals surface area contributed by atoms with Gasteiger partial charge in [0.15, 0.2) is 5.78 Å². The predicted molar refractivity (Wildman–Crippen MR) is 86.7 cm³/mol. The van der Waals surface area contributed by atoms with Crippen molar-refractivity contribution >= 4 is 27.1 Å². The van der Waals surface area contributed by atoms with Gasteiger partial charge in [-0.25, -0.2) is 18.1 Å². The van der Waals surface area contributed by atoms with E-state index >= 15 is 0 Å². The van der Waals surface area contributed by atoms with E-state index in [1.807, 2.05) is 6.92 Å². The van der Waals surface area contributed by atoms with Gasteiger partial charge in [-0.2, -0.15) is 0 Å². The fraction of sp³-hybridized carbons (Fsp3) is 0.333. The van der Waals surface area contributed by atoms with Gasteiger partial charge in [-0.05, 0) is 26.0 Å². The van der Waals surface area contributed by atoms with Crippen molar-refractivity contribution < 1.29 is 13.2 Å². The SMILES string of the molecule is CCC(=O)c1cccc(S(=O)(=O)N[C@@H](C)c2ncc(C)s2)c1. The van der Waals surface area contributed by atoms with Crippen LogP contribution in [0.3, 0.4) is 0 Å². The van der Waals surface area contributed by atoms with E-state index in [-0.39, 0.29) is 10.7 Å². The van der Waals surface area contributed by atoms with E-state index in [1.54, 1.807) is 32.2 Å². The molecular weight excluding hydrogens is 320 g/mol. The highest BCUT2D eigenvalue weighted by Gasteiger charge is 2.21. The van der Waals surface area contributed by atoms with Crippen LogP contribution in [0.1, 0.15) is 46.6 Å². The van der Waals surface area contributed by atoms with Gasteiger partial charge < -0.3 is 0 Å². The average Bonchev–Trinajstić information content (AvgIpc) is 2.93. The molecule has 0 aliphatic heterocycles. The van der Waals surface area contributed by atoms with Crippen LogP contribution in [0.15, 0.2) is 35.4 Å². The number of nitrogens with zero attached hydrogens (tertiary/aromatic N) is 1. The van der Waals surface area contributed by atoms with Crippen molar-refractivity contribution in [2.24, 2.45) is 0 Å². The van der Waals surface area contributed by atoms with Crippen LogP contribution in [0.2, 0.25) is 0 Å². The minimum Gasteiger partial charge on any atom is -0.294 e. The van der Waals surface area contributed by atoms with E-state index in [0.717, 1.165) is 4.88 Å². The molecule has 0 aliphatic carbocycles. The number of sulfonamides is 1. The second-order valence-corrected chi connectivity index (χ2v) is 7.94. The molecule has 7 heteroatoms. The number of Topliss-reactive ketones (excluding diaryl/α,β-unsaturated/α-hetero) is 1. The number of rotatable bonds is 6. The van der Waals surface area contributed by atoms with E-state index in [4.69, 9.17) is 0 Å². The number of nitrogens with one attached hydrogen (secondary N) is 1. The van der Waals surface area contributed by atoms with Crippen molar-refractivity contribution in [3.63, 3.8) is 0 Å². The first kappa shape index (κ1) is 16.8. The van der Waals surface area contributed by atoms with Gasteiger partial charge in [-0.3, -0.25) is 4.79 Å². The first-order valence-electron chi connectivity index (χ1n) is 6.91. The standard InChI is InChI=1S/C15H18N2O3S2/c1-4-14(18)12-6-5-7-13(8-12)22(19,20)17-11(3)15-16-9-10(2)21-15/h5-9,11,17H,4H2,1-3H3/t11-/m0/s1. The van der Waals surface area contributed by atoms with Gasteiger partial charge >= 0.3 is 0 Å². The molecule has 118 valence electrons. The van der Waals surface area contributed by atoms with Crippen molar-refractivity contribution in [3.05, 3.63) is 45.9 Å². The highest BCUT2D eigenvalue weighted by molar-refractivity contribution is 7.89. The van der Waals surface area contributed by atoms with Crippen LogP contribution in [0.4, 0.5) is 0 Å². The summed E-state index contributed by atoms with van der Waals surface area (Å²) < 4.78 is 27.5. The van der Waals surface area contributed by atoms with Crippen LogP contribution in [0.5, 0.6) is 0 Å². The molecule has 22 heavy (non-hydrogen) atoms. The lowest BCUT2D eigenvalue weighted by Crippen LogP contribution is -2.27. The molecule has 0 radical (unpaired) electrons. The fourth-order valence-electron chi connectivity index (χ4n) is 1.96. The molecule has 0 fully saturated rings. The second-order valence-electron chi connectivity index (χ2n) is 4.96. The Balaban J connectivity index is 2.25. The molecule has 0 aliphatic rings. The van der Waals surface area contributed by atoms with Crippen LogP contribution in [-0.4, -0.2) is 19.2 Å². The maximum Gasteiger partial charge on any atom is 0.241 e. The minimum absolute atomic E-state index is 0.0827. The molecule has 1 aromatic heterocycles. The monoisotopic (exact) mass is 338 g/mol. The first-order valence-corrected chi connectivity index (χ1v) is 9.21. The number of benzene rings is 1. The van der Waals surface area contributed by atoms with Gasteiger partial charge in [0.2, 0.25) is 10.0 Å². The highest BCUT2D eigenvalue weighted by Crippen LogP contribution is 2.22. The molecule has 0 unspecified atom stereocenters. The Morgan fingerprint density at radius 3 is 2.73 bits per heavy atom. The Labute approximate surface area is 134 Å². The summed E-state index contributed by atoms with van der Waals surface area (Å²) in [5.74, 6) is -0.0827. The molecule has 1 N–H and O–H groups in total. The van der Waals surface area contributed by atoms with Gasteiger partial charge in [0, 0.05) is 23.1 Å². The van der Waals surface area contributed by atoms with Crippen LogP contribution >= 0.6 is 11.3 Å². The van der Waals surface area contributed by atoms with Crippen molar-refractivity contribution in [3.8, 4) is 0 Å². The number of hydrogen-bond acceptors (Lipinski definition) is 5. The molecule has 0 amide bonds. The largest absolute Gasteiger partial charge is 0.294 e. The minimum atomic E-state index is -3.70. The number of ketones is 1. The van der Waals surface area contributed by atoms with Crippen LogP contribution in [0.25, 0.3) is 0 Å². The molecular formula is C15H18N2O3S2. The van der Waals surface area contributed by atoms with Gasteiger partial charge in [-0.1, -0.05) is 19.1 Å². The number of aromatic nitrogens is 1. The smallest absolute Gasteiger partial charge is 0.241 e. The summed E-state index contributed by atoms with van der Waals surface area (Å²) in [4.78, 5) is 17.0. The zero-order valence-electron chi connectivity index (χ0n) is 12.7. The summed E-state index contributed by atoms with van der Waals surface area (Å²) >= 11 is 1.45. The molecule has 2 aromatic rings. The van der Waals surface area contributed by atoms with Crippen molar-refractivity contribution in [2.75, 3.05) is 0 Å². The number of aryl methyl sites for hydroxylation is 1. The molecule has 0 saturated carbocycles. The first-order chi connectivity index (χ1) is 10.3. The summed E-state index contributed by atoms with van der Waals surface area (Å²) in [7, 11) is -3.70. The Bertz CT molecular complexity index is 782. The van der Waals surface area contributed by atoms with Crippen LogP contribution in [0, 0.1) is 6.92 Å². The topological polar surface area (TPSA) is 76.1 Å². The molecule has 1 aromatic carbocycles. The number of hydrogen-bond donors (Lipinski definition) is 1. The Hall–Kier alpha value is -1.57. The van der Waals surface area contributed by atoms with Crippen LogP contribution < -0.4 is 4.72 Å². The summed E-state index contributed by atoms with van der Waals surface area (Å²) in [6.07, 6.45) is 2.05. The van der Waals surface area contributed by atoms with Crippen molar-refractivity contribution in [1.82, 2.24) is 9.71 Å². The molecule has 0 saturated heterocycles. The molecule has 0 spiro atoms. The number of carbonyl (C=O) groups is 1. The average molecular weight is 338 g/mol. The lowest BCUT2D eigenvalue weighted by molar-refractivity contribution is 0.0988. The fourth-order valence-corrected chi connectivity index (χ4v) is 4.07. The van der Waals surface area contributed by atoms with E-state index in [9.17, 15) is 13.2 Å². The number of thiazole rings is 1. The highest BCUT2D eigenvalue weighted by atomic mass is 32.2. The summed E-state index contributed by atoms with van der Waals surface area (Å²) in [6, 6.07) is 5.67. The summed E-state index contributed by atoms with van der Waals surface area (Å²) in [6.45, 7) is 5.41. The predicted octanol–water partition coefficient (Wildman–Crippen LogP) is 3.08. The molecule has 5 nitrogen and oxygen atoms in total. The maximum atomic E-state index is 12.4. The Kier molecular flexibility index (Phi) is 5.10.